The fourth-order valence-electron chi connectivity index (χ4n) is 6.13. The second-order valence-corrected chi connectivity index (χ2v) is 10.0. The smallest absolute Gasteiger partial charge is 0.120 e. The van der Waals surface area contributed by atoms with Crippen molar-refractivity contribution >= 4 is 10.8 Å². The Morgan fingerprint density at radius 1 is 1.03 bits per heavy atom. The molecule has 1 saturated heterocycles. The minimum Gasteiger partial charge on any atom is -0.490 e. The van der Waals surface area contributed by atoms with Crippen LogP contribution < -0.4 is 10.1 Å². The van der Waals surface area contributed by atoms with E-state index in [9.17, 15) is 0 Å². The first-order chi connectivity index (χ1) is 14.8. The van der Waals surface area contributed by atoms with Gasteiger partial charge in [0.1, 0.15) is 11.9 Å². The second-order valence-electron chi connectivity index (χ2n) is 10.0. The van der Waals surface area contributed by atoms with Gasteiger partial charge in [0, 0.05) is 12.6 Å². The summed E-state index contributed by atoms with van der Waals surface area (Å²) in [7, 11) is 2.29. The number of ether oxygens (including phenoxy) is 1. The van der Waals surface area contributed by atoms with Crippen molar-refractivity contribution in [2.24, 2.45) is 5.92 Å². The van der Waals surface area contributed by atoms with Crippen molar-refractivity contribution in [3.63, 3.8) is 0 Å². The molecule has 0 bridgehead atoms. The van der Waals surface area contributed by atoms with Crippen LogP contribution in [0.15, 0.2) is 30.3 Å². The molecule has 2 atom stereocenters. The highest BCUT2D eigenvalue weighted by molar-refractivity contribution is 5.88. The molecule has 30 heavy (non-hydrogen) atoms. The maximum Gasteiger partial charge on any atom is 0.120 e. The quantitative estimate of drug-likeness (QED) is 0.667. The van der Waals surface area contributed by atoms with Gasteiger partial charge in [0.25, 0.3) is 0 Å². The van der Waals surface area contributed by atoms with Crippen molar-refractivity contribution in [3.05, 3.63) is 41.5 Å². The van der Waals surface area contributed by atoms with Crippen molar-refractivity contribution in [2.75, 3.05) is 20.1 Å². The third-order valence-electron chi connectivity index (χ3n) is 7.90. The number of hydrogen-bond acceptors (Lipinski definition) is 3. The first-order valence-corrected chi connectivity index (χ1v) is 12.4. The van der Waals surface area contributed by atoms with E-state index in [1.807, 2.05) is 0 Å². The van der Waals surface area contributed by atoms with Crippen LogP contribution in [0.4, 0.5) is 0 Å². The van der Waals surface area contributed by atoms with Crippen molar-refractivity contribution in [2.45, 2.75) is 82.9 Å². The molecule has 1 unspecified atom stereocenters. The summed E-state index contributed by atoms with van der Waals surface area (Å²) in [6, 6.07) is 12.1. The number of likely N-dealkylation sites (tertiary alicyclic amines) is 1. The molecule has 3 nitrogen and oxygen atoms in total. The molecule has 0 radical (unpaired) electrons. The Morgan fingerprint density at radius 2 is 1.93 bits per heavy atom. The summed E-state index contributed by atoms with van der Waals surface area (Å²) in [5.41, 5.74) is 2.99. The third-order valence-corrected chi connectivity index (χ3v) is 7.90. The van der Waals surface area contributed by atoms with Crippen LogP contribution in [0, 0.1) is 5.92 Å². The largest absolute Gasteiger partial charge is 0.490 e. The van der Waals surface area contributed by atoms with Crippen molar-refractivity contribution in [3.8, 4) is 5.75 Å². The van der Waals surface area contributed by atoms with E-state index in [0.717, 1.165) is 31.2 Å². The number of nitrogens with zero attached hydrogens (tertiary/aromatic N) is 1. The first-order valence-electron chi connectivity index (χ1n) is 12.4. The Bertz CT molecular complexity index is 857. The van der Waals surface area contributed by atoms with E-state index in [0.29, 0.717) is 12.1 Å². The van der Waals surface area contributed by atoms with Gasteiger partial charge in [0.2, 0.25) is 0 Å². The molecule has 1 saturated carbocycles. The molecule has 2 aliphatic heterocycles. The Balaban J connectivity index is 1.35. The van der Waals surface area contributed by atoms with E-state index < -0.39 is 0 Å². The minimum absolute atomic E-state index is 0.343. The molecule has 0 spiro atoms. The fraction of sp³-hybridized carbons (Fsp3) is 0.630. The minimum atomic E-state index is 0.343. The van der Waals surface area contributed by atoms with Crippen LogP contribution in [0.25, 0.3) is 10.8 Å². The van der Waals surface area contributed by atoms with Gasteiger partial charge in [0.05, 0.1) is 0 Å². The van der Waals surface area contributed by atoms with Crippen LogP contribution in [0.5, 0.6) is 5.75 Å². The zero-order valence-electron chi connectivity index (χ0n) is 18.7. The van der Waals surface area contributed by atoms with E-state index in [1.54, 1.807) is 0 Å². The summed E-state index contributed by atoms with van der Waals surface area (Å²) in [5, 5.41) is 6.25. The van der Waals surface area contributed by atoms with Crippen LogP contribution in [-0.2, 0) is 13.0 Å². The number of rotatable bonds is 6. The molecule has 5 rings (SSSR count). The molecular weight excluding hydrogens is 368 g/mol. The lowest BCUT2D eigenvalue weighted by molar-refractivity contribution is 0.116. The molecule has 2 fully saturated rings. The van der Waals surface area contributed by atoms with E-state index in [4.69, 9.17) is 4.74 Å². The van der Waals surface area contributed by atoms with Crippen LogP contribution in [0.1, 0.15) is 68.9 Å². The maximum absolute atomic E-state index is 6.74. The number of nitrogens with one attached hydrogen (secondary N) is 1. The van der Waals surface area contributed by atoms with Crippen LogP contribution in [0.3, 0.4) is 0 Å². The van der Waals surface area contributed by atoms with Gasteiger partial charge < -0.3 is 15.0 Å². The molecule has 0 aromatic heterocycles. The number of fused-ring (bicyclic) bond motifs is 3. The molecule has 2 aromatic rings. The van der Waals surface area contributed by atoms with Crippen molar-refractivity contribution < 1.29 is 4.74 Å². The molecular formula is C27H38N2O. The molecule has 1 N–H and O–H groups in total. The van der Waals surface area contributed by atoms with Gasteiger partial charge in [-0.3, -0.25) is 0 Å². The molecule has 0 amide bonds. The third kappa shape index (κ3) is 4.53. The monoisotopic (exact) mass is 406 g/mol. The molecule has 2 heterocycles. The van der Waals surface area contributed by atoms with E-state index in [2.05, 4.69) is 47.6 Å². The highest BCUT2D eigenvalue weighted by Gasteiger charge is 2.28. The normalized spacial score (nSPS) is 24.1. The van der Waals surface area contributed by atoms with Crippen LogP contribution in [0.2, 0.25) is 0 Å². The van der Waals surface area contributed by atoms with Gasteiger partial charge in [0.15, 0.2) is 0 Å². The summed E-state index contributed by atoms with van der Waals surface area (Å²) in [6.45, 7) is 3.33. The van der Waals surface area contributed by atoms with E-state index >= 15 is 0 Å². The van der Waals surface area contributed by atoms with Gasteiger partial charge in [-0.15, -0.1) is 0 Å². The molecule has 162 valence electrons. The van der Waals surface area contributed by atoms with Gasteiger partial charge in [-0.05, 0) is 92.2 Å². The van der Waals surface area contributed by atoms with Crippen LogP contribution in [-0.4, -0.2) is 37.2 Å². The summed E-state index contributed by atoms with van der Waals surface area (Å²) in [4.78, 5) is 2.55. The van der Waals surface area contributed by atoms with Crippen molar-refractivity contribution in [1.82, 2.24) is 10.2 Å². The van der Waals surface area contributed by atoms with Gasteiger partial charge >= 0.3 is 0 Å². The number of benzene rings is 2. The molecule has 3 aliphatic rings. The Kier molecular flexibility index (Phi) is 6.29. The molecule has 1 aliphatic carbocycles. The topological polar surface area (TPSA) is 24.5 Å². The zero-order valence-corrected chi connectivity index (χ0v) is 18.7. The second kappa shape index (κ2) is 9.28. The standard InChI is InChI=1S/C27H38N2O/c1-29-15-5-8-23(29)18-25(16-20-6-3-2-4-7-20)30-24-11-12-26-22(17-24)10-9-21-13-14-28-19-27(21)26/h9-12,17,20,23,25,28H,2-8,13-16,18-19H2,1H3/t23-,25?/m0/s1. The Morgan fingerprint density at radius 3 is 2.77 bits per heavy atom. The average Bonchev–Trinajstić information content (AvgIpc) is 3.18. The first kappa shape index (κ1) is 20.3. The predicted octanol–water partition coefficient (Wildman–Crippen LogP) is 5.69. The maximum atomic E-state index is 6.74. The van der Waals surface area contributed by atoms with Crippen molar-refractivity contribution in [1.29, 1.82) is 0 Å². The lowest BCUT2D eigenvalue weighted by Gasteiger charge is -2.30. The fourth-order valence-corrected chi connectivity index (χ4v) is 6.13. The molecule has 3 heteroatoms. The lowest BCUT2D eigenvalue weighted by Crippen LogP contribution is -2.33. The van der Waals surface area contributed by atoms with Crippen LogP contribution >= 0.6 is 0 Å². The van der Waals surface area contributed by atoms with Gasteiger partial charge in [-0.1, -0.05) is 50.3 Å². The SMILES string of the molecule is CN1CCC[C@H]1CC(CC1CCCCC1)Oc1ccc2c3c(ccc2c1)CCNC3. The summed E-state index contributed by atoms with van der Waals surface area (Å²) < 4.78 is 6.74. The predicted molar refractivity (Wildman–Crippen MR) is 125 cm³/mol. The van der Waals surface area contributed by atoms with Gasteiger partial charge in [-0.2, -0.15) is 0 Å². The zero-order chi connectivity index (χ0) is 20.3. The summed E-state index contributed by atoms with van der Waals surface area (Å²) in [6.07, 6.45) is 13.6. The van der Waals surface area contributed by atoms with Gasteiger partial charge in [-0.25, -0.2) is 0 Å². The number of hydrogen-bond donors (Lipinski definition) is 1. The Labute approximate surface area is 182 Å². The highest BCUT2D eigenvalue weighted by atomic mass is 16.5. The highest BCUT2D eigenvalue weighted by Crippen LogP contribution is 2.33. The van der Waals surface area contributed by atoms with E-state index in [1.165, 1.54) is 86.2 Å². The Hall–Kier alpha value is -1.58. The molecule has 2 aromatic carbocycles. The summed E-state index contributed by atoms with van der Waals surface area (Å²) >= 11 is 0. The average molecular weight is 407 g/mol. The summed E-state index contributed by atoms with van der Waals surface area (Å²) in [5.74, 6) is 1.92. The van der Waals surface area contributed by atoms with E-state index in [-0.39, 0.29) is 0 Å². The lowest BCUT2D eigenvalue weighted by atomic mass is 9.84.